The van der Waals surface area contributed by atoms with E-state index in [9.17, 15) is 14.4 Å². The molecule has 1 amide bonds. The Balaban J connectivity index is 4.92. The Bertz CT molecular complexity index is 1080. The zero-order valence-electron chi connectivity index (χ0n) is 47.1. The Morgan fingerprint density at radius 3 is 1.06 bits per heavy atom. The predicted molar refractivity (Wildman–Crippen MR) is 294 cm³/mol. The summed E-state index contributed by atoms with van der Waals surface area (Å²) in [5.41, 5.74) is 0. The van der Waals surface area contributed by atoms with Gasteiger partial charge >= 0.3 is 11.9 Å². The zero-order chi connectivity index (χ0) is 50.0. The number of unbranched alkanes of at least 4 members (excludes halogenated alkanes) is 27. The molecule has 0 spiro atoms. The second-order valence-corrected chi connectivity index (χ2v) is 21.7. The fraction of sp³-hybridized carbons (Fsp3) is 0.951. The van der Waals surface area contributed by atoms with Crippen LogP contribution in [0.3, 0.4) is 0 Å². The maximum absolute atomic E-state index is 14.0. The number of ether oxygens (including phenoxy) is 2. The van der Waals surface area contributed by atoms with Gasteiger partial charge in [-0.25, -0.2) is 0 Å². The molecule has 0 heterocycles. The summed E-state index contributed by atoms with van der Waals surface area (Å²) in [5.74, 6) is 1.46. The largest absolute Gasteiger partial charge is 0.465 e. The second kappa shape index (κ2) is 51.7. The molecule has 0 bridgehead atoms. The first-order valence-electron chi connectivity index (χ1n) is 30.5. The van der Waals surface area contributed by atoms with Gasteiger partial charge < -0.3 is 19.3 Å². The van der Waals surface area contributed by atoms with E-state index in [1.165, 1.54) is 212 Å². The summed E-state index contributed by atoms with van der Waals surface area (Å²) in [5, 5.41) is 0. The molecule has 0 N–H and O–H groups in total. The van der Waals surface area contributed by atoms with Gasteiger partial charge in [0.05, 0.1) is 13.2 Å². The van der Waals surface area contributed by atoms with Crippen LogP contribution in [0.2, 0.25) is 0 Å². The number of amides is 1. The van der Waals surface area contributed by atoms with Crippen molar-refractivity contribution in [1.82, 2.24) is 9.80 Å². The average Bonchev–Trinajstić information content (AvgIpc) is 3.33. The molecule has 3 unspecified atom stereocenters. The summed E-state index contributed by atoms with van der Waals surface area (Å²) < 4.78 is 11.6. The lowest BCUT2D eigenvalue weighted by atomic mass is 9.95. The monoisotopic (exact) mass is 961 g/mol. The predicted octanol–water partition coefficient (Wildman–Crippen LogP) is 18.3. The lowest BCUT2D eigenvalue weighted by Gasteiger charge is -2.33. The highest BCUT2D eigenvalue weighted by molar-refractivity contribution is 5.76. The van der Waals surface area contributed by atoms with Gasteiger partial charge in [-0.1, -0.05) is 234 Å². The molecular formula is C61H120N2O5. The molecule has 0 aliphatic rings. The van der Waals surface area contributed by atoms with Gasteiger partial charge in [-0.05, 0) is 96.7 Å². The van der Waals surface area contributed by atoms with Crippen LogP contribution >= 0.6 is 0 Å². The topological polar surface area (TPSA) is 76.2 Å². The summed E-state index contributed by atoms with van der Waals surface area (Å²) in [6.07, 6.45) is 51.2. The van der Waals surface area contributed by atoms with E-state index in [0.29, 0.717) is 56.3 Å². The molecule has 0 aromatic rings. The van der Waals surface area contributed by atoms with Crippen molar-refractivity contribution in [3.05, 3.63) is 0 Å². The lowest BCUT2D eigenvalue weighted by Crippen LogP contribution is -2.41. The van der Waals surface area contributed by atoms with E-state index in [2.05, 4.69) is 58.5 Å². The molecule has 68 heavy (non-hydrogen) atoms. The highest BCUT2D eigenvalue weighted by Crippen LogP contribution is 2.24. The molecule has 0 aromatic carbocycles. The number of hydrogen-bond acceptors (Lipinski definition) is 6. The molecule has 0 rings (SSSR count). The zero-order valence-corrected chi connectivity index (χ0v) is 47.1. The highest BCUT2D eigenvalue weighted by atomic mass is 16.5. The van der Waals surface area contributed by atoms with E-state index in [-0.39, 0.29) is 11.9 Å². The standard InChI is InChI=1S/C61H120N2O5/c1-8-13-18-21-24-31-39-49-59(64)63(53-42-52-62(6)7)58(48-38-30-27-28-33-41-51-60(65)67-54-56(43-17-12-5)45-35-19-14-9-2)47-37-29-25-22-23-26-32-40-50-61(66)68-55-57(44-34-16-11-4)46-36-20-15-10-3/h56-58H,8-55H2,1-7H3. The quantitative estimate of drug-likeness (QED) is 0.0447. The third kappa shape index (κ3) is 44.3. The fourth-order valence-corrected chi connectivity index (χ4v) is 10.1. The van der Waals surface area contributed by atoms with Crippen molar-refractivity contribution in [2.45, 2.75) is 323 Å². The lowest BCUT2D eigenvalue weighted by molar-refractivity contribution is -0.146. The van der Waals surface area contributed by atoms with Crippen molar-refractivity contribution in [2.75, 3.05) is 40.4 Å². The van der Waals surface area contributed by atoms with Crippen LogP contribution in [0.15, 0.2) is 0 Å². The molecule has 0 saturated heterocycles. The van der Waals surface area contributed by atoms with Gasteiger partial charge in [-0.3, -0.25) is 14.4 Å². The Labute approximate surface area is 425 Å². The Hall–Kier alpha value is -1.63. The molecule has 0 fully saturated rings. The number of rotatable bonds is 54. The third-order valence-corrected chi connectivity index (χ3v) is 14.7. The van der Waals surface area contributed by atoms with Crippen molar-refractivity contribution >= 4 is 17.8 Å². The summed E-state index contributed by atoms with van der Waals surface area (Å²) >= 11 is 0. The van der Waals surface area contributed by atoms with Gasteiger partial charge in [0.15, 0.2) is 0 Å². The van der Waals surface area contributed by atoms with Crippen LogP contribution in [0.1, 0.15) is 317 Å². The van der Waals surface area contributed by atoms with Gasteiger partial charge in [0.1, 0.15) is 0 Å². The van der Waals surface area contributed by atoms with E-state index < -0.39 is 0 Å². The van der Waals surface area contributed by atoms with Crippen molar-refractivity contribution in [3.8, 4) is 0 Å². The summed E-state index contributed by atoms with van der Waals surface area (Å²) in [6, 6.07) is 0.337. The van der Waals surface area contributed by atoms with Crippen molar-refractivity contribution < 1.29 is 23.9 Å². The molecule has 7 heteroatoms. The molecule has 7 nitrogen and oxygen atoms in total. The minimum Gasteiger partial charge on any atom is -0.465 e. The maximum Gasteiger partial charge on any atom is 0.305 e. The SMILES string of the molecule is CCCCCCCCCC(=O)N(CCCN(C)C)C(CCCCCCCCCCC(=O)OCC(CCCCC)CCCCCC)CCCCCCCCC(=O)OCC(CCCC)CCCCCC. The smallest absolute Gasteiger partial charge is 0.305 e. The molecule has 0 saturated carbocycles. The van der Waals surface area contributed by atoms with Gasteiger partial charge in [0.2, 0.25) is 5.91 Å². The molecule has 0 aliphatic heterocycles. The van der Waals surface area contributed by atoms with E-state index in [1.54, 1.807) is 0 Å². The van der Waals surface area contributed by atoms with Crippen molar-refractivity contribution in [2.24, 2.45) is 11.8 Å². The Morgan fingerprint density at radius 2 is 0.647 bits per heavy atom. The first kappa shape index (κ1) is 66.4. The molecule has 0 radical (unpaired) electrons. The first-order valence-corrected chi connectivity index (χ1v) is 30.5. The Morgan fingerprint density at radius 1 is 0.338 bits per heavy atom. The summed E-state index contributed by atoms with van der Waals surface area (Å²) in [7, 11) is 4.28. The molecule has 0 aliphatic carbocycles. The first-order chi connectivity index (χ1) is 33.2. The summed E-state index contributed by atoms with van der Waals surface area (Å²) in [4.78, 5) is 43.8. The third-order valence-electron chi connectivity index (χ3n) is 14.7. The molecule has 3 atom stereocenters. The number of hydrogen-bond donors (Lipinski definition) is 0. The van der Waals surface area contributed by atoms with Crippen LogP contribution < -0.4 is 0 Å². The van der Waals surface area contributed by atoms with Gasteiger partial charge in [0, 0.05) is 31.8 Å². The van der Waals surface area contributed by atoms with Gasteiger partial charge in [0.25, 0.3) is 0 Å². The van der Waals surface area contributed by atoms with Crippen LogP contribution in [0.25, 0.3) is 0 Å². The van der Waals surface area contributed by atoms with Crippen LogP contribution in [0.5, 0.6) is 0 Å². The minimum atomic E-state index is -0.00264. The number of nitrogens with zero attached hydrogens (tertiary/aromatic N) is 2. The maximum atomic E-state index is 14.0. The van der Waals surface area contributed by atoms with Crippen molar-refractivity contribution in [3.63, 3.8) is 0 Å². The average molecular weight is 962 g/mol. The fourth-order valence-electron chi connectivity index (χ4n) is 10.1. The molecule has 404 valence electrons. The van der Waals surface area contributed by atoms with E-state index >= 15 is 0 Å². The highest BCUT2D eigenvalue weighted by Gasteiger charge is 2.23. The van der Waals surface area contributed by atoms with Gasteiger partial charge in [-0.2, -0.15) is 0 Å². The number of carbonyl (C=O) groups is 3. The molecular weight excluding hydrogens is 841 g/mol. The minimum absolute atomic E-state index is 0.00264. The van der Waals surface area contributed by atoms with Crippen LogP contribution in [-0.4, -0.2) is 74.1 Å². The van der Waals surface area contributed by atoms with Crippen LogP contribution in [-0.2, 0) is 23.9 Å². The normalized spacial score (nSPS) is 12.9. The van der Waals surface area contributed by atoms with E-state index in [4.69, 9.17) is 9.47 Å². The van der Waals surface area contributed by atoms with Gasteiger partial charge in [-0.15, -0.1) is 0 Å². The number of esters is 2. The van der Waals surface area contributed by atoms with Crippen molar-refractivity contribution in [1.29, 1.82) is 0 Å². The number of carbonyl (C=O) groups excluding carboxylic acids is 3. The van der Waals surface area contributed by atoms with E-state index in [1.807, 2.05) is 0 Å². The Kier molecular flexibility index (Phi) is 50.5. The molecule has 0 aromatic heterocycles. The second-order valence-electron chi connectivity index (χ2n) is 21.7. The van der Waals surface area contributed by atoms with E-state index in [0.717, 1.165) is 64.5 Å². The summed E-state index contributed by atoms with van der Waals surface area (Å²) in [6.45, 7) is 14.4. The van der Waals surface area contributed by atoms with Crippen LogP contribution in [0.4, 0.5) is 0 Å². The van der Waals surface area contributed by atoms with Crippen LogP contribution in [0, 0.1) is 11.8 Å².